The first kappa shape index (κ1) is 27.0. The third-order valence-corrected chi connectivity index (χ3v) is 6.13. The second-order valence-electron chi connectivity index (χ2n) is 7.15. The fourth-order valence-corrected chi connectivity index (χ4v) is 4.25. The number of anilines is 1. The van der Waals surface area contributed by atoms with Crippen LogP contribution in [0.4, 0.5) is 10.1 Å². The summed E-state index contributed by atoms with van der Waals surface area (Å²) in [6, 6.07) is 17.9. The van der Waals surface area contributed by atoms with Crippen molar-refractivity contribution >= 4 is 30.6 Å². The number of halogens is 1. The van der Waals surface area contributed by atoms with E-state index >= 15 is 0 Å². The highest BCUT2D eigenvalue weighted by molar-refractivity contribution is 7.09. The standard InChI is InChI=1S/C19H22FNO.C5H6S.2CH2O/c1-21-17(11-8-14-7-10-16(20)13-18(14)21)12-9-15-5-3-4-6-19(15)22-2;1-5-3-2-4-6-5;2*1-2/h3-7,10,13,17H,8-9,11-12H2,1-2H3;2-4H,1H3;2*1H2. The van der Waals surface area contributed by atoms with Gasteiger partial charge in [-0.1, -0.05) is 30.3 Å². The number of nitrogens with zero attached hydrogens (tertiary/aromatic N) is 1. The molecule has 3 aromatic rings. The van der Waals surface area contributed by atoms with E-state index < -0.39 is 0 Å². The number of fused-ring (bicyclic) bond motifs is 1. The molecule has 1 unspecified atom stereocenters. The summed E-state index contributed by atoms with van der Waals surface area (Å²) in [4.78, 5) is 19.6. The molecule has 0 bridgehead atoms. The van der Waals surface area contributed by atoms with Crippen molar-refractivity contribution < 1.29 is 18.7 Å². The lowest BCUT2D eigenvalue weighted by Gasteiger charge is -2.36. The molecule has 4 rings (SSSR count). The Morgan fingerprint density at radius 1 is 1.09 bits per heavy atom. The van der Waals surface area contributed by atoms with Gasteiger partial charge in [0.05, 0.1) is 7.11 Å². The molecule has 0 radical (unpaired) electrons. The van der Waals surface area contributed by atoms with Crippen molar-refractivity contribution in [3.63, 3.8) is 0 Å². The fourth-order valence-electron chi connectivity index (χ4n) is 3.72. The third kappa shape index (κ3) is 7.93. The first-order valence-electron chi connectivity index (χ1n) is 10.3. The summed E-state index contributed by atoms with van der Waals surface area (Å²) in [5, 5.41) is 2.08. The molecule has 2 heterocycles. The molecule has 0 N–H and O–H groups in total. The molecule has 0 aliphatic carbocycles. The smallest absolute Gasteiger partial charge is 0.125 e. The van der Waals surface area contributed by atoms with Crippen LogP contribution in [0.3, 0.4) is 0 Å². The van der Waals surface area contributed by atoms with Gasteiger partial charge in [-0.3, -0.25) is 0 Å². The fraction of sp³-hybridized carbons (Fsp3) is 0.308. The zero-order valence-electron chi connectivity index (χ0n) is 19.1. The summed E-state index contributed by atoms with van der Waals surface area (Å²) >= 11 is 1.78. The SMILES string of the molecule is C=O.C=O.COc1ccccc1CCC1CCc2ccc(F)cc2N1C.Cc1cccs1. The van der Waals surface area contributed by atoms with Crippen molar-refractivity contribution in [3.05, 3.63) is 81.8 Å². The van der Waals surface area contributed by atoms with Crippen LogP contribution in [0.1, 0.15) is 28.8 Å². The normalized spacial score (nSPS) is 13.8. The highest BCUT2D eigenvalue weighted by atomic mass is 32.1. The number of aryl methyl sites for hydroxylation is 3. The van der Waals surface area contributed by atoms with Gasteiger partial charge in [0, 0.05) is 23.7 Å². The maximum absolute atomic E-state index is 13.5. The maximum atomic E-state index is 13.5. The van der Waals surface area contributed by atoms with Gasteiger partial charge < -0.3 is 19.2 Å². The summed E-state index contributed by atoms with van der Waals surface area (Å²) in [6.45, 7) is 6.10. The van der Waals surface area contributed by atoms with Crippen molar-refractivity contribution in [3.8, 4) is 5.75 Å². The number of benzene rings is 2. The van der Waals surface area contributed by atoms with Gasteiger partial charge in [-0.15, -0.1) is 11.3 Å². The third-order valence-electron chi connectivity index (χ3n) is 5.32. The number of hydrogen-bond acceptors (Lipinski definition) is 5. The van der Waals surface area contributed by atoms with Gasteiger partial charge in [0.25, 0.3) is 0 Å². The van der Waals surface area contributed by atoms with Crippen molar-refractivity contribution in [2.75, 3.05) is 19.1 Å². The summed E-state index contributed by atoms with van der Waals surface area (Å²) in [7, 11) is 3.79. The number of para-hydroxylation sites is 1. The van der Waals surface area contributed by atoms with Crippen LogP contribution >= 0.6 is 11.3 Å². The molecular formula is C26H32FNO3S. The second-order valence-corrected chi connectivity index (χ2v) is 8.30. The van der Waals surface area contributed by atoms with Crippen LogP contribution in [0.2, 0.25) is 0 Å². The van der Waals surface area contributed by atoms with E-state index in [4.69, 9.17) is 14.3 Å². The number of thiophene rings is 1. The first-order chi connectivity index (χ1) is 15.6. The Hall–Kier alpha value is -2.99. The van der Waals surface area contributed by atoms with E-state index in [0.717, 1.165) is 37.1 Å². The molecule has 4 nitrogen and oxygen atoms in total. The molecule has 6 heteroatoms. The monoisotopic (exact) mass is 457 g/mol. The number of methoxy groups -OCH3 is 1. The zero-order chi connectivity index (χ0) is 23.9. The number of carbonyl (C=O) groups excluding carboxylic acids is 2. The molecule has 0 saturated carbocycles. The van der Waals surface area contributed by atoms with Gasteiger partial charge in [0.15, 0.2) is 0 Å². The minimum Gasteiger partial charge on any atom is -0.496 e. The Morgan fingerprint density at radius 2 is 1.81 bits per heavy atom. The number of ether oxygens (including phenoxy) is 1. The maximum Gasteiger partial charge on any atom is 0.125 e. The van der Waals surface area contributed by atoms with Gasteiger partial charge in [0.1, 0.15) is 25.1 Å². The van der Waals surface area contributed by atoms with Crippen LogP contribution in [0.5, 0.6) is 5.75 Å². The highest BCUT2D eigenvalue weighted by Crippen LogP contribution is 2.32. The van der Waals surface area contributed by atoms with Crippen LogP contribution in [-0.4, -0.2) is 33.8 Å². The van der Waals surface area contributed by atoms with Crippen LogP contribution < -0.4 is 9.64 Å². The van der Waals surface area contributed by atoms with E-state index in [0.29, 0.717) is 6.04 Å². The van der Waals surface area contributed by atoms with Gasteiger partial charge in [-0.2, -0.15) is 0 Å². The Morgan fingerprint density at radius 3 is 2.41 bits per heavy atom. The molecule has 1 aromatic heterocycles. The molecule has 32 heavy (non-hydrogen) atoms. The average Bonchev–Trinajstić information content (AvgIpc) is 3.33. The summed E-state index contributed by atoms with van der Waals surface area (Å²) < 4.78 is 18.9. The Balaban J connectivity index is 0.000000432. The van der Waals surface area contributed by atoms with E-state index in [2.05, 4.69) is 42.5 Å². The van der Waals surface area contributed by atoms with Gasteiger partial charge in [0.2, 0.25) is 0 Å². The lowest BCUT2D eigenvalue weighted by Crippen LogP contribution is -2.36. The van der Waals surface area contributed by atoms with Gasteiger partial charge in [-0.25, -0.2) is 4.39 Å². The van der Waals surface area contributed by atoms with E-state index in [1.54, 1.807) is 30.6 Å². The molecule has 2 aromatic carbocycles. The lowest BCUT2D eigenvalue weighted by molar-refractivity contribution is -0.0987. The molecule has 172 valence electrons. The number of rotatable bonds is 4. The molecule has 0 spiro atoms. The molecule has 0 fully saturated rings. The quantitative estimate of drug-likeness (QED) is 0.489. The molecule has 1 aliphatic heterocycles. The lowest BCUT2D eigenvalue weighted by atomic mass is 9.92. The molecular weight excluding hydrogens is 425 g/mol. The Bertz CT molecular complexity index is 915. The molecule has 0 amide bonds. The van der Waals surface area contributed by atoms with Crippen molar-refractivity contribution in [1.82, 2.24) is 0 Å². The van der Waals surface area contributed by atoms with Crippen LogP contribution in [0.15, 0.2) is 60.0 Å². The van der Waals surface area contributed by atoms with Crippen molar-refractivity contribution in [2.24, 2.45) is 0 Å². The van der Waals surface area contributed by atoms with E-state index in [1.807, 2.05) is 37.8 Å². The predicted molar refractivity (Wildman–Crippen MR) is 132 cm³/mol. The topological polar surface area (TPSA) is 46.6 Å². The van der Waals surface area contributed by atoms with E-state index in [-0.39, 0.29) is 5.82 Å². The van der Waals surface area contributed by atoms with E-state index in [1.165, 1.54) is 16.0 Å². The second kappa shape index (κ2) is 14.9. The molecule has 1 aliphatic rings. The van der Waals surface area contributed by atoms with Crippen LogP contribution in [0, 0.1) is 12.7 Å². The summed E-state index contributed by atoms with van der Waals surface area (Å²) in [5.41, 5.74) is 3.53. The Labute approximate surface area is 194 Å². The van der Waals surface area contributed by atoms with E-state index in [9.17, 15) is 4.39 Å². The number of hydrogen-bond donors (Lipinski definition) is 0. The summed E-state index contributed by atoms with van der Waals surface area (Å²) in [5.74, 6) is 0.795. The van der Waals surface area contributed by atoms with Gasteiger partial charge in [-0.05, 0) is 73.4 Å². The average molecular weight is 458 g/mol. The first-order valence-corrected chi connectivity index (χ1v) is 11.2. The van der Waals surface area contributed by atoms with Crippen molar-refractivity contribution in [2.45, 2.75) is 38.6 Å². The predicted octanol–water partition coefficient (Wildman–Crippen LogP) is 5.90. The zero-order valence-corrected chi connectivity index (χ0v) is 19.9. The summed E-state index contributed by atoms with van der Waals surface area (Å²) in [6.07, 6.45) is 4.16. The minimum atomic E-state index is -0.157. The largest absolute Gasteiger partial charge is 0.496 e. The van der Waals surface area contributed by atoms with Crippen LogP contribution in [0.25, 0.3) is 0 Å². The van der Waals surface area contributed by atoms with Crippen molar-refractivity contribution in [1.29, 1.82) is 0 Å². The van der Waals surface area contributed by atoms with Gasteiger partial charge >= 0.3 is 0 Å². The minimum absolute atomic E-state index is 0.157. The number of carbonyl (C=O) groups is 2. The van der Waals surface area contributed by atoms with Crippen LogP contribution in [-0.2, 0) is 22.4 Å². The molecule has 1 atom stereocenters. The molecule has 0 saturated heterocycles. The Kier molecular flexibility index (Phi) is 12.6. The highest BCUT2D eigenvalue weighted by Gasteiger charge is 2.23.